The average Bonchev–Trinajstić information content (AvgIpc) is 2.43. The van der Waals surface area contributed by atoms with Gasteiger partial charge < -0.3 is 18.0 Å². The molecule has 0 N–H and O–H groups in total. The first kappa shape index (κ1) is 16.1. The van der Waals surface area contributed by atoms with Crippen LogP contribution in [-0.2, 0) is 18.0 Å². The highest BCUT2D eigenvalue weighted by molar-refractivity contribution is 6.60. The van der Waals surface area contributed by atoms with E-state index in [-0.39, 0.29) is 0 Å². The lowest BCUT2D eigenvalue weighted by Gasteiger charge is -2.33. The van der Waals surface area contributed by atoms with Crippen LogP contribution in [0.1, 0.15) is 39.0 Å². The van der Waals surface area contributed by atoms with Gasteiger partial charge in [-0.1, -0.05) is 12.8 Å². The van der Waals surface area contributed by atoms with Crippen molar-refractivity contribution < 1.29 is 18.0 Å². The lowest BCUT2D eigenvalue weighted by molar-refractivity contribution is -0.00710. The SMILES string of the molecule is CCOC1CCCCC1CC[Si](OC)(OC)OC. The zero-order valence-electron chi connectivity index (χ0n) is 12.2. The van der Waals surface area contributed by atoms with Gasteiger partial charge in [-0.25, -0.2) is 0 Å². The first-order valence-corrected chi connectivity index (χ1v) is 8.91. The van der Waals surface area contributed by atoms with Crippen molar-refractivity contribution in [2.24, 2.45) is 5.92 Å². The van der Waals surface area contributed by atoms with Gasteiger partial charge in [0.1, 0.15) is 0 Å². The van der Waals surface area contributed by atoms with Gasteiger partial charge in [0.05, 0.1) is 6.10 Å². The second kappa shape index (κ2) is 8.27. The Morgan fingerprint density at radius 3 is 2.17 bits per heavy atom. The number of ether oxygens (including phenoxy) is 1. The molecule has 4 nitrogen and oxygen atoms in total. The molecule has 1 rings (SSSR count). The quantitative estimate of drug-likeness (QED) is 0.639. The van der Waals surface area contributed by atoms with E-state index < -0.39 is 8.80 Å². The number of rotatable bonds is 8. The van der Waals surface area contributed by atoms with Crippen molar-refractivity contribution in [3.05, 3.63) is 0 Å². The largest absolute Gasteiger partial charge is 0.500 e. The van der Waals surface area contributed by atoms with E-state index in [0.717, 1.165) is 19.1 Å². The monoisotopic (exact) mass is 276 g/mol. The van der Waals surface area contributed by atoms with Gasteiger partial charge in [-0.3, -0.25) is 0 Å². The highest BCUT2D eigenvalue weighted by Crippen LogP contribution is 2.32. The average molecular weight is 276 g/mol. The second-order valence-electron chi connectivity index (χ2n) is 4.87. The Morgan fingerprint density at radius 1 is 1.00 bits per heavy atom. The molecule has 0 heterocycles. The summed E-state index contributed by atoms with van der Waals surface area (Å²) in [5.41, 5.74) is 0. The first-order valence-electron chi connectivity index (χ1n) is 6.98. The van der Waals surface area contributed by atoms with Crippen molar-refractivity contribution in [2.75, 3.05) is 27.9 Å². The van der Waals surface area contributed by atoms with Crippen LogP contribution < -0.4 is 0 Å². The van der Waals surface area contributed by atoms with Crippen LogP contribution in [0.3, 0.4) is 0 Å². The third-order valence-electron chi connectivity index (χ3n) is 3.97. The Balaban J connectivity index is 2.48. The van der Waals surface area contributed by atoms with Gasteiger partial charge in [0.15, 0.2) is 0 Å². The predicted octanol–water partition coefficient (Wildman–Crippen LogP) is 2.85. The van der Waals surface area contributed by atoms with Crippen molar-refractivity contribution in [2.45, 2.75) is 51.2 Å². The Bertz CT molecular complexity index is 211. The zero-order valence-corrected chi connectivity index (χ0v) is 13.2. The summed E-state index contributed by atoms with van der Waals surface area (Å²) < 4.78 is 22.3. The van der Waals surface area contributed by atoms with Crippen molar-refractivity contribution in [3.8, 4) is 0 Å². The standard InChI is InChI=1S/C13H28O4Si/c1-5-17-13-9-7-6-8-12(13)10-11-18(14-2,15-3)16-4/h12-13H,5-11H2,1-4H3. The summed E-state index contributed by atoms with van der Waals surface area (Å²) in [5.74, 6) is 0.631. The summed E-state index contributed by atoms with van der Waals surface area (Å²) in [4.78, 5) is 0. The second-order valence-corrected chi connectivity index (χ2v) is 7.96. The summed E-state index contributed by atoms with van der Waals surface area (Å²) in [6.45, 7) is 2.88. The molecule has 0 amide bonds. The van der Waals surface area contributed by atoms with Crippen molar-refractivity contribution >= 4 is 8.80 Å². The molecule has 0 aromatic carbocycles. The molecular weight excluding hydrogens is 248 g/mol. The van der Waals surface area contributed by atoms with Crippen LogP contribution in [0.15, 0.2) is 0 Å². The zero-order chi connectivity index (χ0) is 13.4. The first-order chi connectivity index (χ1) is 8.71. The van der Waals surface area contributed by atoms with E-state index >= 15 is 0 Å². The Labute approximate surface area is 112 Å². The van der Waals surface area contributed by atoms with Crippen LogP contribution in [0, 0.1) is 5.92 Å². The highest BCUT2D eigenvalue weighted by Gasteiger charge is 2.39. The molecule has 1 aliphatic rings. The maximum atomic E-state index is 5.85. The van der Waals surface area contributed by atoms with E-state index in [0.29, 0.717) is 12.0 Å². The minimum atomic E-state index is -2.41. The molecule has 0 aromatic rings. The van der Waals surface area contributed by atoms with Gasteiger partial charge in [0.2, 0.25) is 0 Å². The summed E-state index contributed by atoms with van der Waals surface area (Å²) in [7, 11) is 2.63. The molecule has 1 aliphatic carbocycles. The fourth-order valence-corrected chi connectivity index (χ4v) is 4.69. The molecule has 1 fully saturated rings. The van der Waals surface area contributed by atoms with Gasteiger partial charge in [-0.15, -0.1) is 0 Å². The van der Waals surface area contributed by atoms with Crippen molar-refractivity contribution in [1.82, 2.24) is 0 Å². The van der Waals surface area contributed by atoms with Gasteiger partial charge in [0.25, 0.3) is 0 Å². The third-order valence-corrected chi connectivity index (χ3v) is 6.74. The molecule has 0 spiro atoms. The van der Waals surface area contributed by atoms with E-state index in [2.05, 4.69) is 6.92 Å². The molecular formula is C13H28O4Si. The van der Waals surface area contributed by atoms with Gasteiger partial charge in [0, 0.05) is 34.0 Å². The maximum Gasteiger partial charge on any atom is 0.500 e. The van der Waals surface area contributed by atoms with Gasteiger partial charge >= 0.3 is 8.80 Å². The van der Waals surface area contributed by atoms with E-state index in [4.69, 9.17) is 18.0 Å². The maximum absolute atomic E-state index is 5.85. The molecule has 108 valence electrons. The van der Waals surface area contributed by atoms with Crippen LogP contribution in [0.4, 0.5) is 0 Å². The molecule has 0 aliphatic heterocycles. The predicted molar refractivity (Wildman–Crippen MR) is 73.6 cm³/mol. The molecule has 2 unspecified atom stereocenters. The van der Waals surface area contributed by atoms with Crippen LogP contribution in [0.5, 0.6) is 0 Å². The minimum absolute atomic E-state index is 0.418. The van der Waals surface area contributed by atoms with Gasteiger partial charge in [-0.2, -0.15) is 0 Å². The smallest absolute Gasteiger partial charge is 0.378 e. The summed E-state index contributed by atoms with van der Waals surface area (Å²) in [6, 6.07) is 0.880. The van der Waals surface area contributed by atoms with Crippen LogP contribution in [0.25, 0.3) is 0 Å². The Morgan fingerprint density at radius 2 is 1.61 bits per heavy atom. The van der Waals surface area contributed by atoms with Crippen molar-refractivity contribution in [3.63, 3.8) is 0 Å². The van der Waals surface area contributed by atoms with Crippen molar-refractivity contribution in [1.29, 1.82) is 0 Å². The molecule has 5 heteroatoms. The number of hydrogen-bond acceptors (Lipinski definition) is 4. The van der Waals surface area contributed by atoms with E-state index in [1.165, 1.54) is 25.7 Å². The van der Waals surface area contributed by atoms with Crippen LogP contribution in [-0.4, -0.2) is 42.8 Å². The Hall–Kier alpha value is 0.0569. The topological polar surface area (TPSA) is 36.9 Å². The minimum Gasteiger partial charge on any atom is -0.378 e. The van der Waals surface area contributed by atoms with E-state index in [1.54, 1.807) is 21.3 Å². The normalized spacial score (nSPS) is 25.3. The van der Waals surface area contributed by atoms with Crippen LogP contribution >= 0.6 is 0 Å². The number of hydrogen-bond donors (Lipinski definition) is 0. The molecule has 0 aromatic heterocycles. The van der Waals surface area contributed by atoms with Crippen LogP contribution in [0.2, 0.25) is 6.04 Å². The van der Waals surface area contributed by atoms with E-state index in [1.807, 2.05) is 0 Å². The lowest BCUT2D eigenvalue weighted by Crippen LogP contribution is -2.43. The fraction of sp³-hybridized carbons (Fsp3) is 1.00. The van der Waals surface area contributed by atoms with E-state index in [9.17, 15) is 0 Å². The molecule has 18 heavy (non-hydrogen) atoms. The summed E-state index contributed by atoms with van der Waals surface area (Å²) in [6.07, 6.45) is 6.55. The highest BCUT2D eigenvalue weighted by atomic mass is 28.4. The third kappa shape index (κ3) is 4.31. The molecule has 2 atom stereocenters. The van der Waals surface area contributed by atoms with Gasteiger partial charge in [-0.05, 0) is 32.1 Å². The fourth-order valence-electron chi connectivity index (χ4n) is 2.86. The lowest BCUT2D eigenvalue weighted by atomic mass is 9.85. The molecule has 0 saturated heterocycles. The summed E-state index contributed by atoms with van der Waals surface area (Å²) in [5, 5.41) is 0. The Kier molecular flexibility index (Phi) is 7.40. The molecule has 0 radical (unpaired) electrons. The molecule has 1 saturated carbocycles. The molecule has 0 bridgehead atoms. The summed E-state index contributed by atoms with van der Waals surface area (Å²) >= 11 is 0.